The van der Waals surface area contributed by atoms with Crippen LogP contribution in [0.5, 0.6) is 0 Å². The largest absolute Gasteiger partial charge is 0.457 e. The normalized spacial score (nSPS) is 21.3. The van der Waals surface area contributed by atoms with Crippen molar-refractivity contribution in [1.82, 2.24) is 4.90 Å². The molecule has 1 aliphatic heterocycles. The Balaban J connectivity index is 2.13. The first kappa shape index (κ1) is 14.1. The quantitative estimate of drug-likeness (QED) is 0.763. The number of carbonyl (C=O) groups is 1. The standard InChI is InChI=1S/C16H23NO2/c1-3-15(18)19-16(13-8-6-5-7-9-13)14-10-11-17(4-2)12-14/h5-9,14,16H,3-4,10-12H2,1-2H3/t14-,16-/m0/s1. The summed E-state index contributed by atoms with van der Waals surface area (Å²) in [6.45, 7) is 7.22. The van der Waals surface area contributed by atoms with Gasteiger partial charge in [-0.3, -0.25) is 4.79 Å². The Kier molecular flexibility index (Phi) is 4.97. The molecule has 19 heavy (non-hydrogen) atoms. The predicted octanol–water partition coefficient (Wildman–Crippen LogP) is 3.02. The molecule has 0 amide bonds. The van der Waals surface area contributed by atoms with E-state index in [2.05, 4.69) is 24.0 Å². The molecule has 0 radical (unpaired) electrons. The summed E-state index contributed by atoms with van der Waals surface area (Å²) in [5.41, 5.74) is 1.12. The Morgan fingerprint density at radius 2 is 2.11 bits per heavy atom. The van der Waals surface area contributed by atoms with Gasteiger partial charge in [0, 0.05) is 18.9 Å². The van der Waals surface area contributed by atoms with Crippen molar-refractivity contribution < 1.29 is 9.53 Å². The van der Waals surface area contributed by atoms with Crippen molar-refractivity contribution in [3.63, 3.8) is 0 Å². The van der Waals surface area contributed by atoms with Gasteiger partial charge in [0.15, 0.2) is 0 Å². The number of nitrogens with zero attached hydrogens (tertiary/aromatic N) is 1. The first-order valence-corrected chi connectivity index (χ1v) is 7.21. The van der Waals surface area contributed by atoms with Crippen LogP contribution in [0.2, 0.25) is 0 Å². The molecule has 0 N–H and O–H groups in total. The molecule has 104 valence electrons. The summed E-state index contributed by atoms with van der Waals surface area (Å²) < 4.78 is 5.70. The van der Waals surface area contributed by atoms with E-state index in [-0.39, 0.29) is 12.1 Å². The lowest BCUT2D eigenvalue weighted by molar-refractivity contribution is -0.151. The molecule has 0 aliphatic carbocycles. The van der Waals surface area contributed by atoms with E-state index in [1.54, 1.807) is 0 Å². The molecule has 1 aliphatic rings. The number of esters is 1. The number of rotatable bonds is 5. The molecule has 1 aromatic rings. The fourth-order valence-corrected chi connectivity index (χ4v) is 2.70. The first-order valence-electron chi connectivity index (χ1n) is 7.21. The summed E-state index contributed by atoms with van der Waals surface area (Å²) in [5, 5.41) is 0. The van der Waals surface area contributed by atoms with E-state index in [1.807, 2.05) is 25.1 Å². The highest BCUT2D eigenvalue weighted by Gasteiger charge is 2.32. The monoisotopic (exact) mass is 261 g/mol. The zero-order valence-electron chi connectivity index (χ0n) is 11.8. The Hall–Kier alpha value is -1.35. The zero-order valence-corrected chi connectivity index (χ0v) is 11.8. The number of benzene rings is 1. The lowest BCUT2D eigenvalue weighted by atomic mass is 9.95. The van der Waals surface area contributed by atoms with Crippen molar-refractivity contribution in [2.75, 3.05) is 19.6 Å². The lowest BCUT2D eigenvalue weighted by Gasteiger charge is -2.24. The predicted molar refractivity (Wildman–Crippen MR) is 75.8 cm³/mol. The van der Waals surface area contributed by atoms with Crippen LogP contribution in [0.1, 0.15) is 38.4 Å². The van der Waals surface area contributed by atoms with Crippen LogP contribution in [0.4, 0.5) is 0 Å². The van der Waals surface area contributed by atoms with Gasteiger partial charge >= 0.3 is 5.97 Å². The third-order valence-corrected chi connectivity index (χ3v) is 3.86. The Morgan fingerprint density at radius 1 is 1.37 bits per heavy atom. The summed E-state index contributed by atoms with van der Waals surface area (Å²) in [4.78, 5) is 14.1. The van der Waals surface area contributed by atoms with Gasteiger partial charge in [0.05, 0.1) is 0 Å². The second-order valence-electron chi connectivity index (χ2n) is 5.12. The first-order chi connectivity index (χ1) is 9.24. The van der Waals surface area contributed by atoms with E-state index >= 15 is 0 Å². The smallest absolute Gasteiger partial charge is 0.306 e. The fraction of sp³-hybridized carbons (Fsp3) is 0.562. The van der Waals surface area contributed by atoms with Crippen LogP contribution in [-0.2, 0) is 9.53 Å². The summed E-state index contributed by atoms with van der Waals surface area (Å²) >= 11 is 0. The van der Waals surface area contributed by atoms with Gasteiger partial charge in [0.25, 0.3) is 0 Å². The molecule has 3 nitrogen and oxygen atoms in total. The van der Waals surface area contributed by atoms with Crippen molar-refractivity contribution >= 4 is 5.97 Å². The van der Waals surface area contributed by atoms with Gasteiger partial charge in [-0.2, -0.15) is 0 Å². The maximum atomic E-state index is 11.7. The molecule has 1 fully saturated rings. The van der Waals surface area contributed by atoms with Crippen molar-refractivity contribution in [2.24, 2.45) is 5.92 Å². The molecule has 1 saturated heterocycles. The number of hydrogen-bond donors (Lipinski definition) is 0. The molecule has 0 spiro atoms. The average Bonchev–Trinajstić information content (AvgIpc) is 2.94. The van der Waals surface area contributed by atoms with E-state index in [1.165, 1.54) is 0 Å². The zero-order chi connectivity index (χ0) is 13.7. The van der Waals surface area contributed by atoms with Crippen LogP contribution in [0.3, 0.4) is 0 Å². The van der Waals surface area contributed by atoms with E-state index in [9.17, 15) is 4.79 Å². The maximum Gasteiger partial charge on any atom is 0.306 e. The van der Waals surface area contributed by atoms with Gasteiger partial charge in [0.2, 0.25) is 0 Å². The van der Waals surface area contributed by atoms with Gasteiger partial charge in [-0.1, -0.05) is 44.2 Å². The third kappa shape index (κ3) is 3.57. The van der Waals surface area contributed by atoms with Crippen LogP contribution >= 0.6 is 0 Å². The van der Waals surface area contributed by atoms with Gasteiger partial charge in [-0.15, -0.1) is 0 Å². The third-order valence-electron chi connectivity index (χ3n) is 3.86. The second kappa shape index (κ2) is 6.71. The van der Waals surface area contributed by atoms with Crippen LogP contribution in [0.15, 0.2) is 30.3 Å². The molecular formula is C16H23NO2. The lowest BCUT2D eigenvalue weighted by Crippen LogP contribution is -2.24. The molecule has 3 heteroatoms. The van der Waals surface area contributed by atoms with Gasteiger partial charge in [0.1, 0.15) is 6.10 Å². The summed E-state index contributed by atoms with van der Waals surface area (Å²) in [6.07, 6.45) is 1.45. The second-order valence-corrected chi connectivity index (χ2v) is 5.12. The highest BCUT2D eigenvalue weighted by atomic mass is 16.5. The number of carbonyl (C=O) groups excluding carboxylic acids is 1. The van der Waals surface area contributed by atoms with Crippen LogP contribution in [0, 0.1) is 5.92 Å². The van der Waals surface area contributed by atoms with Crippen molar-refractivity contribution in [1.29, 1.82) is 0 Å². The number of likely N-dealkylation sites (tertiary alicyclic amines) is 1. The van der Waals surface area contributed by atoms with Crippen molar-refractivity contribution in [2.45, 2.75) is 32.8 Å². The highest BCUT2D eigenvalue weighted by Crippen LogP contribution is 2.33. The molecule has 2 atom stereocenters. The SMILES string of the molecule is CCC(=O)O[C@@H](c1ccccc1)[C@H]1CCN(CC)C1. The maximum absolute atomic E-state index is 11.7. The highest BCUT2D eigenvalue weighted by molar-refractivity contribution is 5.69. The van der Waals surface area contributed by atoms with Crippen LogP contribution in [0.25, 0.3) is 0 Å². The van der Waals surface area contributed by atoms with Gasteiger partial charge < -0.3 is 9.64 Å². The summed E-state index contributed by atoms with van der Waals surface area (Å²) in [6, 6.07) is 10.1. The molecule has 0 saturated carbocycles. The average molecular weight is 261 g/mol. The minimum atomic E-state index is -0.108. The topological polar surface area (TPSA) is 29.5 Å². The fourth-order valence-electron chi connectivity index (χ4n) is 2.70. The van der Waals surface area contributed by atoms with Gasteiger partial charge in [-0.05, 0) is 25.1 Å². The van der Waals surface area contributed by atoms with E-state index in [4.69, 9.17) is 4.74 Å². The molecular weight excluding hydrogens is 238 g/mol. The van der Waals surface area contributed by atoms with E-state index < -0.39 is 0 Å². The molecule has 0 aromatic heterocycles. The molecule has 0 bridgehead atoms. The Morgan fingerprint density at radius 3 is 2.68 bits per heavy atom. The van der Waals surface area contributed by atoms with E-state index in [0.717, 1.165) is 31.6 Å². The molecule has 1 aromatic carbocycles. The summed E-state index contributed by atoms with van der Waals surface area (Å²) in [7, 11) is 0. The molecule has 0 unspecified atom stereocenters. The molecule has 2 rings (SSSR count). The minimum absolute atomic E-state index is 0.0924. The minimum Gasteiger partial charge on any atom is -0.457 e. The van der Waals surface area contributed by atoms with E-state index in [0.29, 0.717) is 12.3 Å². The van der Waals surface area contributed by atoms with Crippen LogP contribution in [-0.4, -0.2) is 30.5 Å². The Labute approximate surface area is 115 Å². The summed E-state index contributed by atoms with van der Waals surface area (Å²) in [5.74, 6) is 0.307. The molecule has 1 heterocycles. The van der Waals surface area contributed by atoms with Crippen molar-refractivity contribution in [3.8, 4) is 0 Å². The number of ether oxygens (including phenoxy) is 1. The Bertz CT molecular complexity index is 404. The number of hydrogen-bond acceptors (Lipinski definition) is 3. The van der Waals surface area contributed by atoms with Crippen LogP contribution < -0.4 is 0 Å². The van der Waals surface area contributed by atoms with Gasteiger partial charge in [-0.25, -0.2) is 0 Å². The van der Waals surface area contributed by atoms with Crippen molar-refractivity contribution in [3.05, 3.63) is 35.9 Å².